The van der Waals surface area contributed by atoms with Crippen LogP contribution in [0.5, 0.6) is 5.75 Å². The van der Waals surface area contributed by atoms with Crippen molar-refractivity contribution in [3.63, 3.8) is 0 Å². The zero-order chi connectivity index (χ0) is 18.6. The molecule has 2 nitrogen and oxygen atoms in total. The number of piperidine rings is 1. The molecular formula is C23H25F2NO. The van der Waals surface area contributed by atoms with E-state index in [0.717, 1.165) is 18.5 Å². The van der Waals surface area contributed by atoms with Gasteiger partial charge in [0.2, 0.25) is 0 Å². The van der Waals surface area contributed by atoms with Gasteiger partial charge in [0.25, 0.3) is 0 Å². The lowest BCUT2D eigenvalue weighted by Gasteiger charge is -2.45. The molecule has 1 fully saturated rings. The molecule has 2 aliphatic rings. The van der Waals surface area contributed by atoms with E-state index in [1.165, 1.54) is 30.4 Å². The van der Waals surface area contributed by atoms with Crippen LogP contribution < -0.4 is 4.74 Å². The lowest BCUT2D eigenvalue weighted by Crippen LogP contribution is -2.48. The highest BCUT2D eigenvalue weighted by Crippen LogP contribution is 2.36. The number of nitrogens with zero attached hydrogens (tertiary/aromatic N) is 1. The Bertz CT molecular complexity index is 790. The van der Waals surface area contributed by atoms with Gasteiger partial charge in [0.15, 0.2) is 0 Å². The molecule has 1 saturated heterocycles. The lowest BCUT2D eigenvalue weighted by atomic mass is 9.83. The van der Waals surface area contributed by atoms with Crippen molar-refractivity contribution in [2.45, 2.75) is 57.3 Å². The van der Waals surface area contributed by atoms with Crippen LogP contribution in [-0.4, -0.2) is 23.6 Å². The quantitative estimate of drug-likeness (QED) is 0.616. The number of halogens is 2. The summed E-state index contributed by atoms with van der Waals surface area (Å²) in [5, 5.41) is 0. The first-order valence-corrected chi connectivity index (χ1v) is 9.71. The molecule has 0 saturated carbocycles. The second-order valence-corrected chi connectivity index (χ2v) is 7.50. The van der Waals surface area contributed by atoms with Crippen LogP contribution in [0.2, 0.25) is 0 Å². The van der Waals surface area contributed by atoms with Gasteiger partial charge in [-0.15, -0.1) is 0 Å². The van der Waals surface area contributed by atoms with Gasteiger partial charge < -0.3 is 4.74 Å². The predicted octanol–water partition coefficient (Wildman–Crippen LogP) is 5.58. The standard InChI is InChI=1S/C23H25F2NO/c24-23(25)27-22-12-5-4-9-19(22)13-18-14-20-10-6-11-21(15-18)26(20)16-17-7-2-1-3-8-17/h1-5,7-9,12,14,20-21,23H,6,10-11,13,15-16H2. The third-order valence-corrected chi connectivity index (χ3v) is 5.67. The van der Waals surface area contributed by atoms with Gasteiger partial charge in [-0.05, 0) is 42.9 Å². The third kappa shape index (κ3) is 4.38. The van der Waals surface area contributed by atoms with Crippen molar-refractivity contribution in [3.05, 3.63) is 77.4 Å². The maximum atomic E-state index is 12.7. The largest absolute Gasteiger partial charge is 0.435 e. The van der Waals surface area contributed by atoms with E-state index in [1.807, 2.05) is 12.1 Å². The molecule has 27 heavy (non-hydrogen) atoms. The zero-order valence-electron chi connectivity index (χ0n) is 15.4. The summed E-state index contributed by atoms with van der Waals surface area (Å²) >= 11 is 0. The number of ether oxygens (including phenoxy) is 1. The second-order valence-electron chi connectivity index (χ2n) is 7.50. The van der Waals surface area contributed by atoms with Gasteiger partial charge in [-0.1, -0.05) is 66.6 Å². The zero-order valence-corrected chi connectivity index (χ0v) is 15.4. The number of hydrogen-bond acceptors (Lipinski definition) is 2. The molecule has 0 aliphatic carbocycles. The van der Waals surface area contributed by atoms with Crippen molar-refractivity contribution in [1.29, 1.82) is 0 Å². The summed E-state index contributed by atoms with van der Waals surface area (Å²) in [5.74, 6) is 0.297. The second kappa shape index (κ2) is 8.22. The fraction of sp³-hybridized carbons (Fsp3) is 0.391. The van der Waals surface area contributed by atoms with Crippen LogP contribution >= 0.6 is 0 Å². The van der Waals surface area contributed by atoms with Gasteiger partial charge in [0.05, 0.1) is 0 Å². The Kier molecular flexibility index (Phi) is 5.53. The van der Waals surface area contributed by atoms with Gasteiger partial charge in [-0.2, -0.15) is 8.78 Å². The van der Waals surface area contributed by atoms with Gasteiger partial charge in [-0.25, -0.2) is 0 Å². The van der Waals surface area contributed by atoms with Crippen LogP contribution in [-0.2, 0) is 13.0 Å². The molecule has 2 bridgehead atoms. The molecule has 4 rings (SSSR count). The molecule has 0 amide bonds. The molecule has 2 aromatic carbocycles. The van der Waals surface area contributed by atoms with Crippen molar-refractivity contribution in [2.75, 3.05) is 0 Å². The van der Waals surface area contributed by atoms with E-state index in [-0.39, 0.29) is 0 Å². The van der Waals surface area contributed by atoms with E-state index in [1.54, 1.807) is 12.1 Å². The van der Waals surface area contributed by atoms with E-state index in [2.05, 4.69) is 41.3 Å². The highest BCUT2D eigenvalue weighted by Gasteiger charge is 2.33. The van der Waals surface area contributed by atoms with Crippen LogP contribution in [0.25, 0.3) is 0 Å². The fourth-order valence-corrected chi connectivity index (χ4v) is 4.48. The molecular weight excluding hydrogens is 344 g/mol. The topological polar surface area (TPSA) is 12.5 Å². The minimum atomic E-state index is -2.78. The number of benzene rings is 2. The van der Waals surface area contributed by atoms with Crippen LogP contribution in [0.1, 0.15) is 36.8 Å². The first kappa shape index (κ1) is 18.2. The summed E-state index contributed by atoms with van der Waals surface area (Å²) in [6.07, 6.45) is 7.70. The molecule has 142 valence electrons. The summed E-state index contributed by atoms with van der Waals surface area (Å²) in [4.78, 5) is 2.61. The summed E-state index contributed by atoms with van der Waals surface area (Å²) in [6.45, 7) is -1.81. The average Bonchev–Trinajstić information content (AvgIpc) is 2.64. The molecule has 2 aliphatic heterocycles. The predicted molar refractivity (Wildman–Crippen MR) is 103 cm³/mol. The highest BCUT2D eigenvalue weighted by atomic mass is 19.3. The monoisotopic (exact) mass is 369 g/mol. The molecule has 2 aromatic rings. The molecule has 2 unspecified atom stereocenters. The van der Waals surface area contributed by atoms with Gasteiger partial charge >= 0.3 is 6.61 Å². The van der Waals surface area contributed by atoms with Gasteiger partial charge in [0.1, 0.15) is 5.75 Å². The van der Waals surface area contributed by atoms with Crippen LogP contribution in [0.3, 0.4) is 0 Å². The van der Waals surface area contributed by atoms with Crippen molar-refractivity contribution in [2.24, 2.45) is 0 Å². The normalized spacial score (nSPS) is 22.6. The van der Waals surface area contributed by atoms with Crippen molar-refractivity contribution < 1.29 is 13.5 Å². The maximum Gasteiger partial charge on any atom is 0.387 e. The summed E-state index contributed by atoms with van der Waals surface area (Å²) < 4.78 is 30.1. The molecule has 4 heteroatoms. The number of alkyl halides is 2. The maximum absolute atomic E-state index is 12.7. The van der Waals surface area contributed by atoms with E-state index < -0.39 is 6.61 Å². The molecule has 2 heterocycles. The fourth-order valence-electron chi connectivity index (χ4n) is 4.48. The summed E-state index contributed by atoms with van der Waals surface area (Å²) in [5.41, 5.74) is 3.54. The molecule has 0 N–H and O–H groups in total. The Morgan fingerprint density at radius 2 is 1.78 bits per heavy atom. The SMILES string of the molecule is FC(F)Oc1ccccc1CC1=CC2CCCC(C1)N2Cc1ccccc1. The molecule has 2 atom stereocenters. The van der Waals surface area contributed by atoms with Crippen LogP contribution in [0.4, 0.5) is 8.78 Å². The Balaban J connectivity index is 1.51. The van der Waals surface area contributed by atoms with Gasteiger partial charge in [-0.3, -0.25) is 4.90 Å². The Morgan fingerprint density at radius 3 is 2.56 bits per heavy atom. The number of hydrogen-bond donors (Lipinski definition) is 0. The smallest absolute Gasteiger partial charge is 0.387 e. The average molecular weight is 369 g/mol. The van der Waals surface area contributed by atoms with E-state index >= 15 is 0 Å². The third-order valence-electron chi connectivity index (χ3n) is 5.67. The van der Waals surface area contributed by atoms with Crippen molar-refractivity contribution in [3.8, 4) is 5.75 Å². The number of para-hydroxylation sites is 1. The Labute approximate surface area is 159 Å². The Hall–Kier alpha value is -2.20. The lowest BCUT2D eigenvalue weighted by molar-refractivity contribution is -0.0504. The minimum Gasteiger partial charge on any atom is -0.435 e. The summed E-state index contributed by atoms with van der Waals surface area (Å²) in [7, 11) is 0. The number of fused-ring (bicyclic) bond motifs is 2. The van der Waals surface area contributed by atoms with E-state index in [0.29, 0.717) is 24.3 Å². The first-order chi connectivity index (χ1) is 13.2. The minimum absolute atomic E-state index is 0.297. The van der Waals surface area contributed by atoms with E-state index in [9.17, 15) is 8.78 Å². The summed E-state index contributed by atoms with van der Waals surface area (Å²) in [6, 6.07) is 18.7. The molecule has 0 radical (unpaired) electrons. The number of rotatable bonds is 6. The van der Waals surface area contributed by atoms with Crippen LogP contribution in [0, 0.1) is 0 Å². The molecule has 0 spiro atoms. The van der Waals surface area contributed by atoms with Gasteiger partial charge in [0, 0.05) is 18.6 Å². The van der Waals surface area contributed by atoms with E-state index in [4.69, 9.17) is 4.74 Å². The Morgan fingerprint density at radius 1 is 1.00 bits per heavy atom. The van der Waals surface area contributed by atoms with Crippen molar-refractivity contribution in [1.82, 2.24) is 4.90 Å². The van der Waals surface area contributed by atoms with Crippen LogP contribution in [0.15, 0.2) is 66.2 Å². The highest BCUT2D eigenvalue weighted by molar-refractivity contribution is 5.37. The first-order valence-electron chi connectivity index (χ1n) is 9.71. The van der Waals surface area contributed by atoms with Crippen molar-refractivity contribution >= 4 is 0 Å². The molecule has 0 aromatic heterocycles.